The predicted octanol–water partition coefficient (Wildman–Crippen LogP) is 3.00. The van der Waals surface area contributed by atoms with Gasteiger partial charge in [-0.05, 0) is 27.1 Å². The molecule has 0 amide bonds. The highest BCUT2D eigenvalue weighted by molar-refractivity contribution is 9.10. The lowest BCUT2D eigenvalue weighted by atomic mass is 10.1. The van der Waals surface area contributed by atoms with Gasteiger partial charge in [0.25, 0.3) is 0 Å². The lowest BCUT2D eigenvalue weighted by molar-refractivity contribution is 0.185. The highest BCUT2D eigenvalue weighted by atomic mass is 79.9. The number of halogens is 1. The molecule has 5 heteroatoms. The molecular formula is C13H14BrN3O. The summed E-state index contributed by atoms with van der Waals surface area (Å²) in [5, 5.41) is 3.26. The minimum Gasteiger partial charge on any atom is -0.380 e. The fourth-order valence-corrected chi connectivity index (χ4v) is 1.99. The quantitative estimate of drug-likeness (QED) is 0.922. The fourth-order valence-electron chi connectivity index (χ4n) is 1.62. The highest BCUT2D eigenvalue weighted by Crippen LogP contribution is 2.18. The van der Waals surface area contributed by atoms with E-state index >= 15 is 0 Å². The Morgan fingerprint density at radius 3 is 2.94 bits per heavy atom. The standard InChI is InChI=1S/C13H14BrN3O/c1-18-8-11-4-2-3-10(5-11)6-16-13-12(14)7-15-9-17-13/h2-5,7,9H,6,8H2,1H3,(H,15,16,17). The van der Waals surface area contributed by atoms with Gasteiger partial charge in [-0.25, -0.2) is 9.97 Å². The van der Waals surface area contributed by atoms with Gasteiger partial charge in [-0.15, -0.1) is 0 Å². The van der Waals surface area contributed by atoms with Crippen molar-refractivity contribution in [2.45, 2.75) is 13.2 Å². The second-order valence-corrected chi connectivity index (χ2v) is 4.68. The Hall–Kier alpha value is -1.46. The number of aromatic nitrogens is 2. The molecule has 0 saturated carbocycles. The second kappa shape index (κ2) is 6.47. The van der Waals surface area contributed by atoms with Crippen LogP contribution in [0.4, 0.5) is 5.82 Å². The summed E-state index contributed by atoms with van der Waals surface area (Å²) in [5.74, 6) is 0.794. The van der Waals surface area contributed by atoms with Crippen LogP contribution in [0.5, 0.6) is 0 Å². The molecule has 1 aromatic carbocycles. The van der Waals surface area contributed by atoms with Crippen molar-refractivity contribution in [1.82, 2.24) is 9.97 Å². The van der Waals surface area contributed by atoms with Gasteiger partial charge in [0.2, 0.25) is 0 Å². The number of ether oxygens (including phenoxy) is 1. The molecule has 1 aromatic heterocycles. The summed E-state index contributed by atoms with van der Waals surface area (Å²) < 4.78 is 5.98. The Morgan fingerprint density at radius 2 is 2.17 bits per heavy atom. The Bertz CT molecular complexity index is 519. The molecule has 0 aliphatic carbocycles. The van der Waals surface area contributed by atoms with Crippen LogP contribution in [0, 0.1) is 0 Å². The van der Waals surface area contributed by atoms with Gasteiger partial charge in [0, 0.05) is 19.9 Å². The third-order valence-corrected chi connectivity index (χ3v) is 3.01. The van der Waals surface area contributed by atoms with Gasteiger partial charge in [0.05, 0.1) is 11.1 Å². The first-order valence-corrected chi connectivity index (χ1v) is 6.35. The van der Waals surface area contributed by atoms with Crippen LogP contribution in [0.3, 0.4) is 0 Å². The molecule has 1 N–H and O–H groups in total. The molecular weight excluding hydrogens is 294 g/mol. The van der Waals surface area contributed by atoms with E-state index in [2.05, 4.69) is 43.3 Å². The van der Waals surface area contributed by atoms with Crippen molar-refractivity contribution < 1.29 is 4.74 Å². The van der Waals surface area contributed by atoms with Crippen LogP contribution in [0.1, 0.15) is 11.1 Å². The predicted molar refractivity (Wildman–Crippen MR) is 74.2 cm³/mol. The zero-order valence-electron chi connectivity index (χ0n) is 10.1. The van der Waals surface area contributed by atoms with Gasteiger partial charge in [0.1, 0.15) is 12.1 Å². The van der Waals surface area contributed by atoms with E-state index in [1.54, 1.807) is 13.3 Å². The van der Waals surface area contributed by atoms with Gasteiger partial charge in [-0.3, -0.25) is 0 Å². The van der Waals surface area contributed by atoms with E-state index in [4.69, 9.17) is 4.74 Å². The Morgan fingerprint density at radius 1 is 1.33 bits per heavy atom. The van der Waals surface area contributed by atoms with Gasteiger partial charge in [-0.1, -0.05) is 24.3 Å². The number of rotatable bonds is 5. The first-order chi connectivity index (χ1) is 8.79. The van der Waals surface area contributed by atoms with Crippen molar-refractivity contribution in [3.63, 3.8) is 0 Å². The summed E-state index contributed by atoms with van der Waals surface area (Å²) in [6, 6.07) is 8.26. The van der Waals surface area contributed by atoms with Crippen molar-refractivity contribution in [3.05, 3.63) is 52.4 Å². The minimum atomic E-state index is 0.630. The number of methoxy groups -OCH3 is 1. The van der Waals surface area contributed by atoms with E-state index in [0.29, 0.717) is 13.2 Å². The highest BCUT2D eigenvalue weighted by Gasteiger charge is 2.01. The lowest BCUT2D eigenvalue weighted by Gasteiger charge is -2.08. The zero-order chi connectivity index (χ0) is 12.8. The summed E-state index contributed by atoms with van der Waals surface area (Å²) in [6.45, 7) is 1.35. The number of nitrogens with one attached hydrogen (secondary N) is 1. The minimum absolute atomic E-state index is 0.630. The number of nitrogens with zero attached hydrogens (tertiary/aromatic N) is 2. The third kappa shape index (κ3) is 3.51. The SMILES string of the molecule is COCc1cccc(CNc2ncncc2Br)c1. The van der Waals surface area contributed by atoms with Crippen LogP contribution in [0.15, 0.2) is 41.3 Å². The van der Waals surface area contributed by atoms with E-state index in [0.717, 1.165) is 10.3 Å². The van der Waals surface area contributed by atoms with E-state index in [1.807, 2.05) is 12.1 Å². The van der Waals surface area contributed by atoms with Gasteiger partial charge >= 0.3 is 0 Å². The maximum absolute atomic E-state index is 5.12. The average Bonchev–Trinajstić information content (AvgIpc) is 2.39. The van der Waals surface area contributed by atoms with Crippen molar-refractivity contribution in [1.29, 1.82) is 0 Å². The van der Waals surface area contributed by atoms with Crippen LogP contribution < -0.4 is 5.32 Å². The molecule has 2 aromatic rings. The summed E-state index contributed by atoms with van der Waals surface area (Å²) in [4.78, 5) is 8.08. The maximum atomic E-state index is 5.12. The van der Waals surface area contributed by atoms with Crippen LogP contribution >= 0.6 is 15.9 Å². The van der Waals surface area contributed by atoms with Crippen LogP contribution in [-0.2, 0) is 17.9 Å². The first-order valence-electron chi connectivity index (χ1n) is 5.55. The van der Waals surface area contributed by atoms with Crippen molar-refractivity contribution >= 4 is 21.7 Å². The van der Waals surface area contributed by atoms with Crippen LogP contribution in [-0.4, -0.2) is 17.1 Å². The Labute approximate surface area is 115 Å². The summed E-state index contributed by atoms with van der Waals surface area (Å²) in [6.07, 6.45) is 3.24. The maximum Gasteiger partial charge on any atom is 0.144 e. The van der Waals surface area contributed by atoms with E-state index in [9.17, 15) is 0 Å². The molecule has 2 rings (SSSR count). The molecule has 0 fully saturated rings. The van der Waals surface area contributed by atoms with E-state index in [-0.39, 0.29) is 0 Å². The number of hydrogen-bond donors (Lipinski definition) is 1. The molecule has 1 heterocycles. The van der Waals surface area contributed by atoms with Crippen molar-refractivity contribution in [2.24, 2.45) is 0 Å². The van der Waals surface area contributed by atoms with E-state index < -0.39 is 0 Å². The monoisotopic (exact) mass is 307 g/mol. The lowest BCUT2D eigenvalue weighted by Crippen LogP contribution is -2.03. The molecule has 0 unspecified atom stereocenters. The van der Waals surface area contributed by atoms with Gasteiger partial charge < -0.3 is 10.1 Å². The van der Waals surface area contributed by atoms with Crippen LogP contribution in [0.25, 0.3) is 0 Å². The molecule has 0 aliphatic heterocycles. The molecule has 0 saturated heterocycles. The summed E-state index contributed by atoms with van der Waals surface area (Å²) in [7, 11) is 1.70. The number of hydrogen-bond acceptors (Lipinski definition) is 4. The molecule has 0 bridgehead atoms. The summed E-state index contributed by atoms with van der Waals surface area (Å²) in [5.41, 5.74) is 2.36. The molecule has 0 atom stereocenters. The Balaban J connectivity index is 2.02. The Kier molecular flexibility index (Phi) is 4.66. The molecule has 0 spiro atoms. The molecule has 0 aliphatic rings. The first kappa shape index (κ1) is 13.0. The zero-order valence-corrected chi connectivity index (χ0v) is 11.6. The van der Waals surface area contributed by atoms with Crippen molar-refractivity contribution in [3.8, 4) is 0 Å². The molecule has 18 heavy (non-hydrogen) atoms. The van der Waals surface area contributed by atoms with E-state index in [1.165, 1.54) is 17.5 Å². The van der Waals surface area contributed by atoms with Crippen molar-refractivity contribution in [2.75, 3.05) is 12.4 Å². The molecule has 0 radical (unpaired) electrons. The second-order valence-electron chi connectivity index (χ2n) is 3.83. The molecule has 94 valence electrons. The third-order valence-electron chi connectivity index (χ3n) is 2.43. The average molecular weight is 308 g/mol. The number of benzene rings is 1. The topological polar surface area (TPSA) is 47.0 Å². The summed E-state index contributed by atoms with van der Waals surface area (Å²) >= 11 is 3.40. The van der Waals surface area contributed by atoms with Gasteiger partial charge in [-0.2, -0.15) is 0 Å². The van der Waals surface area contributed by atoms with Gasteiger partial charge in [0.15, 0.2) is 0 Å². The van der Waals surface area contributed by atoms with Crippen LogP contribution in [0.2, 0.25) is 0 Å². The number of anilines is 1. The largest absolute Gasteiger partial charge is 0.380 e. The normalized spacial score (nSPS) is 10.3. The smallest absolute Gasteiger partial charge is 0.144 e. The fraction of sp³-hybridized carbons (Fsp3) is 0.231. The molecule has 4 nitrogen and oxygen atoms in total.